The van der Waals surface area contributed by atoms with Gasteiger partial charge in [0.15, 0.2) is 11.7 Å². The molecule has 0 saturated heterocycles. The van der Waals surface area contributed by atoms with Crippen LogP contribution in [0.5, 0.6) is 0 Å². The van der Waals surface area contributed by atoms with Crippen LogP contribution in [-0.2, 0) is 16.2 Å². The van der Waals surface area contributed by atoms with E-state index in [1.54, 1.807) is 0 Å². The summed E-state index contributed by atoms with van der Waals surface area (Å²) in [7, 11) is 0. The first kappa shape index (κ1) is 12.4. The molecule has 86 valence electrons. The highest BCUT2D eigenvalue weighted by Gasteiger charge is 1.98. The van der Waals surface area contributed by atoms with Gasteiger partial charge in [-0.2, -0.15) is 0 Å². The first-order chi connectivity index (χ1) is 7.68. The third kappa shape index (κ3) is 5.28. The van der Waals surface area contributed by atoms with Crippen molar-refractivity contribution in [1.29, 1.82) is 0 Å². The van der Waals surface area contributed by atoms with Crippen LogP contribution >= 0.6 is 12.2 Å². The standard InChI is InChI=1S/C10H12N2O3S/c13-9(14)7-15-12-10(16)11-6-8-4-2-1-3-5-8/h1-5H,6-7H2,(H,13,14)(H2,11,12,16). The number of hydrogen-bond acceptors (Lipinski definition) is 3. The minimum atomic E-state index is -1.06. The van der Waals surface area contributed by atoms with Gasteiger partial charge < -0.3 is 10.4 Å². The van der Waals surface area contributed by atoms with Gasteiger partial charge >= 0.3 is 5.97 Å². The Morgan fingerprint density at radius 2 is 2.06 bits per heavy atom. The van der Waals surface area contributed by atoms with Crippen molar-refractivity contribution in [1.82, 2.24) is 10.8 Å². The summed E-state index contributed by atoms with van der Waals surface area (Å²) in [5.41, 5.74) is 3.40. The van der Waals surface area contributed by atoms with Crippen LogP contribution in [0.2, 0.25) is 0 Å². The first-order valence-electron chi connectivity index (χ1n) is 4.60. The molecule has 0 aliphatic carbocycles. The van der Waals surface area contributed by atoms with E-state index in [-0.39, 0.29) is 5.11 Å². The first-order valence-corrected chi connectivity index (χ1v) is 5.00. The van der Waals surface area contributed by atoms with Crippen molar-refractivity contribution in [2.75, 3.05) is 6.61 Å². The zero-order valence-corrected chi connectivity index (χ0v) is 9.29. The second-order valence-corrected chi connectivity index (χ2v) is 3.36. The van der Waals surface area contributed by atoms with Gasteiger partial charge in [0.05, 0.1) is 0 Å². The van der Waals surface area contributed by atoms with Gasteiger partial charge in [-0.3, -0.25) is 4.84 Å². The lowest BCUT2D eigenvalue weighted by molar-refractivity contribution is -0.143. The van der Waals surface area contributed by atoms with E-state index in [1.165, 1.54) is 0 Å². The van der Waals surface area contributed by atoms with Crippen LogP contribution in [0.15, 0.2) is 30.3 Å². The molecule has 0 aromatic heterocycles. The molecule has 6 heteroatoms. The van der Waals surface area contributed by atoms with Crippen molar-refractivity contribution in [2.24, 2.45) is 0 Å². The van der Waals surface area contributed by atoms with E-state index in [2.05, 4.69) is 15.6 Å². The maximum Gasteiger partial charge on any atom is 0.332 e. The SMILES string of the molecule is O=C(O)CONC(=S)NCc1ccccc1. The van der Waals surface area contributed by atoms with Crippen molar-refractivity contribution in [2.45, 2.75) is 6.54 Å². The Morgan fingerprint density at radius 1 is 1.38 bits per heavy atom. The van der Waals surface area contributed by atoms with Crippen LogP contribution in [0, 0.1) is 0 Å². The van der Waals surface area contributed by atoms with Crippen molar-refractivity contribution < 1.29 is 14.7 Å². The number of carboxylic acids is 1. The Hall–Kier alpha value is -1.66. The number of rotatable bonds is 5. The van der Waals surface area contributed by atoms with Gasteiger partial charge in [0.1, 0.15) is 0 Å². The molecular formula is C10H12N2O3S. The second-order valence-electron chi connectivity index (χ2n) is 2.95. The minimum Gasteiger partial charge on any atom is -0.479 e. The predicted molar refractivity (Wildman–Crippen MR) is 62.6 cm³/mol. The van der Waals surface area contributed by atoms with Gasteiger partial charge in [0.25, 0.3) is 0 Å². The number of carbonyl (C=O) groups is 1. The highest BCUT2D eigenvalue weighted by Crippen LogP contribution is 1.96. The molecule has 3 N–H and O–H groups in total. The number of thiocarbonyl (C=S) groups is 1. The molecule has 16 heavy (non-hydrogen) atoms. The number of nitrogens with one attached hydrogen (secondary N) is 2. The molecule has 0 aliphatic rings. The van der Waals surface area contributed by atoms with Crippen molar-refractivity contribution >= 4 is 23.3 Å². The van der Waals surface area contributed by atoms with E-state index < -0.39 is 12.6 Å². The minimum absolute atomic E-state index is 0.255. The summed E-state index contributed by atoms with van der Waals surface area (Å²) in [6, 6.07) is 9.68. The summed E-state index contributed by atoms with van der Waals surface area (Å²) in [4.78, 5) is 14.7. The second kappa shape index (κ2) is 6.76. The van der Waals surface area contributed by atoms with Gasteiger partial charge in [-0.15, -0.1) is 0 Å². The monoisotopic (exact) mass is 240 g/mol. The average molecular weight is 240 g/mol. The lowest BCUT2D eigenvalue weighted by Crippen LogP contribution is -2.35. The largest absolute Gasteiger partial charge is 0.479 e. The molecule has 0 atom stereocenters. The molecule has 0 heterocycles. The van der Waals surface area contributed by atoms with E-state index in [1.807, 2.05) is 30.3 Å². The number of hydrogen-bond donors (Lipinski definition) is 3. The zero-order valence-electron chi connectivity index (χ0n) is 8.47. The zero-order chi connectivity index (χ0) is 11.8. The van der Waals surface area contributed by atoms with Gasteiger partial charge in [0.2, 0.25) is 0 Å². The fraction of sp³-hybridized carbons (Fsp3) is 0.200. The smallest absolute Gasteiger partial charge is 0.332 e. The Bertz CT molecular complexity index is 356. The molecule has 0 unspecified atom stereocenters. The van der Waals surface area contributed by atoms with E-state index in [0.717, 1.165) is 5.56 Å². The fourth-order valence-corrected chi connectivity index (χ4v) is 1.11. The Balaban J connectivity index is 2.18. The Morgan fingerprint density at radius 3 is 2.69 bits per heavy atom. The van der Waals surface area contributed by atoms with Crippen LogP contribution in [0.3, 0.4) is 0 Å². The third-order valence-electron chi connectivity index (χ3n) is 1.66. The maximum atomic E-state index is 10.1. The van der Waals surface area contributed by atoms with Crippen LogP contribution in [-0.4, -0.2) is 22.8 Å². The highest BCUT2D eigenvalue weighted by molar-refractivity contribution is 7.80. The molecule has 0 aliphatic heterocycles. The summed E-state index contributed by atoms with van der Waals surface area (Å²) in [6.45, 7) is 0.121. The number of benzene rings is 1. The molecule has 1 aromatic carbocycles. The summed E-state index contributed by atoms with van der Waals surface area (Å²) < 4.78 is 0. The van der Waals surface area contributed by atoms with Gasteiger partial charge in [-0.25, -0.2) is 10.3 Å². The number of hydroxylamine groups is 1. The Kier molecular flexibility index (Phi) is 5.24. The van der Waals surface area contributed by atoms with E-state index in [9.17, 15) is 4.79 Å². The lowest BCUT2D eigenvalue weighted by atomic mass is 10.2. The van der Waals surface area contributed by atoms with Crippen molar-refractivity contribution in [3.63, 3.8) is 0 Å². The van der Waals surface area contributed by atoms with Crippen molar-refractivity contribution in [3.8, 4) is 0 Å². The molecule has 5 nitrogen and oxygen atoms in total. The summed E-state index contributed by atoms with van der Waals surface area (Å²) in [5.74, 6) is -1.06. The third-order valence-corrected chi connectivity index (χ3v) is 1.88. The van der Waals surface area contributed by atoms with Crippen LogP contribution in [0.4, 0.5) is 0 Å². The van der Waals surface area contributed by atoms with Crippen molar-refractivity contribution in [3.05, 3.63) is 35.9 Å². The van der Waals surface area contributed by atoms with E-state index in [0.29, 0.717) is 6.54 Å². The molecule has 0 spiro atoms. The number of carboxylic acid groups (broad SMARTS) is 1. The van der Waals surface area contributed by atoms with Gasteiger partial charge in [-0.05, 0) is 17.8 Å². The van der Waals surface area contributed by atoms with Crippen LogP contribution < -0.4 is 10.8 Å². The molecule has 0 saturated carbocycles. The maximum absolute atomic E-state index is 10.1. The average Bonchev–Trinajstić information content (AvgIpc) is 2.27. The number of aliphatic carboxylic acids is 1. The van der Waals surface area contributed by atoms with Crippen LogP contribution in [0.1, 0.15) is 5.56 Å². The topological polar surface area (TPSA) is 70.6 Å². The summed E-state index contributed by atoms with van der Waals surface area (Å²) in [5, 5.41) is 11.4. The molecular weight excluding hydrogens is 228 g/mol. The molecule has 1 rings (SSSR count). The van der Waals surface area contributed by atoms with E-state index >= 15 is 0 Å². The molecule has 0 radical (unpaired) electrons. The summed E-state index contributed by atoms with van der Waals surface area (Å²) in [6.07, 6.45) is 0. The van der Waals surface area contributed by atoms with E-state index in [4.69, 9.17) is 17.3 Å². The Labute approximate surface area is 98.4 Å². The molecule has 0 fully saturated rings. The molecule has 1 aromatic rings. The summed E-state index contributed by atoms with van der Waals surface area (Å²) >= 11 is 4.86. The predicted octanol–water partition coefficient (Wildman–Crippen LogP) is 0.667. The lowest BCUT2D eigenvalue weighted by Gasteiger charge is -2.09. The molecule has 0 bridgehead atoms. The van der Waals surface area contributed by atoms with Crippen LogP contribution in [0.25, 0.3) is 0 Å². The highest BCUT2D eigenvalue weighted by atomic mass is 32.1. The normalized spacial score (nSPS) is 9.50. The fourth-order valence-electron chi connectivity index (χ4n) is 0.978. The van der Waals surface area contributed by atoms with Gasteiger partial charge in [-0.1, -0.05) is 30.3 Å². The quantitative estimate of drug-likeness (QED) is 0.519. The molecule has 0 amide bonds. The van der Waals surface area contributed by atoms with Gasteiger partial charge in [0, 0.05) is 6.54 Å².